The predicted molar refractivity (Wildman–Crippen MR) is 73.9 cm³/mol. The quantitative estimate of drug-likeness (QED) is 0.805. The molecule has 1 fully saturated rings. The lowest BCUT2D eigenvalue weighted by molar-refractivity contribution is -0.113. The maximum atomic E-state index is 11.1. The van der Waals surface area contributed by atoms with Gasteiger partial charge in [0.2, 0.25) is 5.89 Å². The Balaban J connectivity index is 1.71. The smallest absolute Gasteiger partial charge is 0.236 e. The molecule has 1 atom stereocenters. The van der Waals surface area contributed by atoms with Gasteiger partial charge in [0.15, 0.2) is 0 Å². The Morgan fingerprint density at radius 1 is 1.53 bits per heavy atom. The van der Waals surface area contributed by atoms with E-state index in [0.717, 1.165) is 42.7 Å². The molecule has 0 saturated carbocycles. The van der Waals surface area contributed by atoms with E-state index in [9.17, 15) is 4.79 Å². The molecule has 4 nitrogen and oxygen atoms in total. The highest BCUT2D eigenvalue weighted by Crippen LogP contribution is 2.25. The van der Waals surface area contributed by atoms with Gasteiger partial charge in [0.1, 0.15) is 12.5 Å². The zero-order valence-corrected chi connectivity index (χ0v) is 11.4. The number of rotatable bonds is 4. The topological polar surface area (TPSA) is 46.3 Å². The lowest BCUT2D eigenvalue weighted by Gasteiger charge is -2.31. The molecule has 0 radical (unpaired) electrons. The minimum atomic E-state index is 0.0376. The third kappa shape index (κ3) is 2.77. The number of likely N-dealkylation sites (tertiary alicyclic amines) is 1. The van der Waals surface area contributed by atoms with E-state index in [2.05, 4.69) is 9.88 Å². The largest absolute Gasteiger partial charge is 0.444 e. The van der Waals surface area contributed by atoms with Gasteiger partial charge in [-0.15, -0.1) is 11.3 Å². The van der Waals surface area contributed by atoms with Crippen molar-refractivity contribution in [2.75, 3.05) is 6.54 Å². The molecular weight excluding hydrogens is 260 g/mol. The van der Waals surface area contributed by atoms with E-state index in [0.29, 0.717) is 12.4 Å². The molecule has 3 rings (SSSR count). The minimum Gasteiger partial charge on any atom is -0.444 e. The van der Waals surface area contributed by atoms with Crippen molar-refractivity contribution in [3.05, 3.63) is 29.5 Å². The molecule has 0 aliphatic carbocycles. The number of piperidine rings is 1. The first kappa shape index (κ1) is 12.6. The number of carbonyl (C=O) groups excluding carboxylic acids is 1. The van der Waals surface area contributed by atoms with Crippen molar-refractivity contribution in [2.45, 2.75) is 31.8 Å². The normalized spacial score (nSPS) is 20.5. The van der Waals surface area contributed by atoms with E-state index >= 15 is 0 Å². The molecule has 2 aromatic rings. The molecule has 0 spiro atoms. The Bertz CT molecular complexity index is 535. The highest BCUT2D eigenvalue weighted by atomic mass is 32.1. The Hall–Kier alpha value is -1.46. The number of carbonyl (C=O) groups is 1. The number of aldehydes is 1. The molecule has 0 aromatic carbocycles. The summed E-state index contributed by atoms with van der Waals surface area (Å²) >= 11 is 1.61. The first-order chi connectivity index (χ1) is 9.36. The van der Waals surface area contributed by atoms with Gasteiger partial charge in [-0.1, -0.05) is 12.5 Å². The molecule has 19 heavy (non-hydrogen) atoms. The van der Waals surface area contributed by atoms with E-state index in [1.54, 1.807) is 17.6 Å². The molecule has 0 amide bonds. The summed E-state index contributed by atoms with van der Waals surface area (Å²) in [7, 11) is 0. The summed E-state index contributed by atoms with van der Waals surface area (Å²) in [4.78, 5) is 18.8. The van der Waals surface area contributed by atoms with Gasteiger partial charge in [-0.2, -0.15) is 0 Å². The average molecular weight is 276 g/mol. The fraction of sp³-hybridized carbons (Fsp3) is 0.429. The second kappa shape index (κ2) is 5.67. The number of hydrogen-bond acceptors (Lipinski definition) is 5. The van der Waals surface area contributed by atoms with Crippen LogP contribution in [0.2, 0.25) is 0 Å². The highest BCUT2D eigenvalue weighted by Gasteiger charge is 2.22. The molecule has 2 aromatic heterocycles. The molecule has 1 aliphatic heterocycles. The predicted octanol–water partition coefficient (Wildman–Crippen LogP) is 2.96. The number of oxazole rings is 1. The van der Waals surface area contributed by atoms with Gasteiger partial charge < -0.3 is 9.21 Å². The van der Waals surface area contributed by atoms with E-state index in [1.807, 2.05) is 17.5 Å². The first-order valence-corrected chi connectivity index (χ1v) is 7.42. The fourth-order valence-electron chi connectivity index (χ4n) is 2.47. The molecule has 3 heterocycles. The van der Waals surface area contributed by atoms with Gasteiger partial charge in [-0.05, 0) is 30.8 Å². The highest BCUT2D eigenvalue weighted by molar-refractivity contribution is 7.13. The first-order valence-electron chi connectivity index (χ1n) is 6.54. The van der Waals surface area contributed by atoms with Crippen molar-refractivity contribution in [3.8, 4) is 10.8 Å². The molecular formula is C14H16N2O2S. The molecule has 0 N–H and O–H groups in total. The van der Waals surface area contributed by atoms with Crippen molar-refractivity contribution >= 4 is 17.6 Å². The van der Waals surface area contributed by atoms with Crippen molar-refractivity contribution in [2.24, 2.45) is 0 Å². The van der Waals surface area contributed by atoms with Crippen LogP contribution < -0.4 is 0 Å². The van der Waals surface area contributed by atoms with Gasteiger partial charge in [-0.25, -0.2) is 4.98 Å². The van der Waals surface area contributed by atoms with Crippen LogP contribution in [0.4, 0.5) is 0 Å². The zero-order valence-electron chi connectivity index (χ0n) is 10.6. The molecule has 1 unspecified atom stereocenters. The van der Waals surface area contributed by atoms with Crippen LogP contribution in [-0.2, 0) is 11.3 Å². The van der Waals surface area contributed by atoms with Gasteiger partial charge in [-0.3, -0.25) is 4.90 Å². The van der Waals surface area contributed by atoms with Crippen molar-refractivity contribution < 1.29 is 9.21 Å². The Kier molecular flexibility index (Phi) is 3.75. The molecule has 0 bridgehead atoms. The van der Waals surface area contributed by atoms with Crippen LogP contribution in [0.3, 0.4) is 0 Å². The zero-order chi connectivity index (χ0) is 13.1. The van der Waals surface area contributed by atoms with E-state index in [4.69, 9.17) is 4.42 Å². The van der Waals surface area contributed by atoms with Crippen LogP contribution >= 0.6 is 11.3 Å². The molecule has 1 aliphatic rings. The van der Waals surface area contributed by atoms with Crippen LogP contribution in [0, 0.1) is 0 Å². The summed E-state index contributed by atoms with van der Waals surface area (Å²) in [5.74, 6) is 0.671. The second-order valence-electron chi connectivity index (χ2n) is 4.79. The van der Waals surface area contributed by atoms with E-state index < -0.39 is 0 Å². The summed E-state index contributed by atoms with van der Waals surface area (Å²) in [6, 6.07) is 4.02. The summed E-state index contributed by atoms with van der Waals surface area (Å²) in [5.41, 5.74) is 0.900. The summed E-state index contributed by atoms with van der Waals surface area (Å²) in [6.45, 7) is 1.66. The van der Waals surface area contributed by atoms with Gasteiger partial charge in [0.05, 0.1) is 16.6 Å². The van der Waals surface area contributed by atoms with Crippen molar-refractivity contribution in [1.82, 2.24) is 9.88 Å². The maximum absolute atomic E-state index is 11.1. The Morgan fingerprint density at radius 2 is 2.47 bits per heavy atom. The molecule has 5 heteroatoms. The van der Waals surface area contributed by atoms with Crippen LogP contribution in [-0.4, -0.2) is 28.8 Å². The molecule has 1 saturated heterocycles. The number of thiophene rings is 1. The second-order valence-corrected chi connectivity index (χ2v) is 5.74. The summed E-state index contributed by atoms with van der Waals surface area (Å²) < 4.78 is 5.50. The lowest BCUT2D eigenvalue weighted by Crippen LogP contribution is -2.39. The van der Waals surface area contributed by atoms with E-state index in [1.165, 1.54) is 0 Å². The third-order valence-electron chi connectivity index (χ3n) is 3.47. The Morgan fingerprint density at radius 3 is 3.26 bits per heavy atom. The summed E-state index contributed by atoms with van der Waals surface area (Å²) in [5, 5.41) is 2.01. The SMILES string of the molecule is O=CC1CCCCN1Cc1coc(-c2cccs2)n1. The summed E-state index contributed by atoms with van der Waals surface area (Å²) in [6.07, 6.45) is 6.00. The monoisotopic (exact) mass is 276 g/mol. The van der Waals surface area contributed by atoms with Gasteiger partial charge >= 0.3 is 0 Å². The molecule has 100 valence electrons. The fourth-order valence-corrected chi connectivity index (χ4v) is 3.12. The van der Waals surface area contributed by atoms with Crippen LogP contribution in [0.1, 0.15) is 25.0 Å². The standard InChI is InChI=1S/C14H16N2O2S/c17-9-12-4-1-2-6-16(12)8-11-10-18-14(15-11)13-5-3-7-19-13/h3,5,7,9-10,12H,1-2,4,6,8H2. The van der Waals surface area contributed by atoms with Crippen LogP contribution in [0.15, 0.2) is 28.2 Å². The van der Waals surface area contributed by atoms with Crippen molar-refractivity contribution in [3.63, 3.8) is 0 Å². The maximum Gasteiger partial charge on any atom is 0.236 e. The number of aromatic nitrogens is 1. The van der Waals surface area contributed by atoms with Gasteiger partial charge in [0, 0.05) is 6.54 Å². The third-order valence-corrected chi connectivity index (χ3v) is 4.33. The van der Waals surface area contributed by atoms with Gasteiger partial charge in [0.25, 0.3) is 0 Å². The van der Waals surface area contributed by atoms with Crippen LogP contribution in [0.25, 0.3) is 10.8 Å². The Labute approximate surface area is 116 Å². The minimum absolute atomic E-state index is 0.0376. The van der Waals surface area contributed by atoms with Crippen molar-refractivity contribution in [1.29, 1.82) is 0 Å². The average Bonchev–Trinajstić information content (AvgIpc) is 3.09. The number of hydrogen-bond donors (Lipinski definition) is 0. The lowest BCUT2D eigenvalue weighted by atomic mass is 10.0. The van der Waals surface area contributed by atoms with E-state index in [-0.39, 0.29) is 6.04 Å². The number of nitrogens with zero attached hydrogens (tertiary/aromatic N) is 2. The van der Waals surface area contributed by atoms with Crippen LogP contribution in [0.5, 0.6) is 0 Å².